The third-order valence-corrected chi connectivity index (χ3v) is 7.97. The molecule has 6 nitrogen and oxygen atoms in total. The largest absolute Gasteiger partial charge is 0.396 e. The lowest BCUT2D eigenvalue weighted by Crippen LogP contribution is -2.39. The number of aliphatic hydroxyl groups excluding tert-OH is 1. The van der Waals surface area contributed by atoms with E-state index in [0.717, 1.165) is 22.0 Å². The molecule has 3 heterocycles. The number of fused-ring (bicyclic) bond motifs is 1. The van der Waals surface area contributed by atoms with Gasteiger partial charge in [0.2, 0.25) is 0 Å². The Morgan fingerprint density at radius 2 is 2.09 bits per heavy atom. The number of nitrogens with one attached hydrogen (secondary N) is 2. The van der Waals surface area contributed by atoms with Gasteiger partial charge in [-0.1, -0.05) is 13.8 Å². The van der Waals surface area contributed by atoms with Crippen LogP contribution in [0.4, 0.5) is 15.1 Å². The third-order valence-electron chi connectivity index (χ3n) is 6.15. The van der Waals surface area contributed by atoms with Crippen LogP contribution in [-0.4, -0.2) is 48.1 Å². The number of thiophene rings is 1. The van der Waals surface area contributed by atoms with Gasteiger partial charge in [-0.15, -0.1) is 11.3 Å². The number of likely N-dealkylation sites (tertiary alicyclic amines) is 1. The summed E-state index contributed by atoms with van der Waals surface area (Å²) in [6, 6.07) is 4.87. The molecule has 1 fully saturated rings. The molecule has 1 aromatic carbocycles. The fraction of sp³-hybridized carbons (Fsp3) is 0.478. The van der Waals surface area contributed by atoms with Crippen molar-refractivity contribution in [2.45, 2.75) is 33.1 Å². The van der Waals surface area contributed by atoms with E-state index in [-0.39, 0.29) is 35.4 Å². The molecule has 0 saturated carbocycles. The first-order valence-electron chi connectivity index (χ1n) is 10.7. The summed E-state index contributed by atoms with van der Waals surface area (Å²) >= 11 is 3.26. The number of aliphatic hydroxyl groups is 1. The van der Waals surface area contributed by atoms with E-state index in [4.69, 9.17) is 0 Å². The fourth-order valence-corrected chi connectivity index (χ4v) is 5.86. The normalized spacial score (nSPS) is 18.7. The van der Waals surface area contributed by atoms with Crippen LogP contribution < -0.4 is 10.6 Å². The van der Waals surface area contributed by atoms with Gasteiger partial charge in [0.15, 0.2) is 0 Å². The summed E-state index contributed by atoms with van der Waals surface area (Å²) in [4.78, 5) is 28.9. The molecule has 2 aliphatic rings. The van der Waals surface area contributed by atoms with Crippen LogP contribution in [0.3, 0.4) is 0 Å². The number of benzene rings is 1. The molecule has 0 aliphatic carbocycles. The van der Waals surface area contributed by atoms with Gasteiger partial charge in [0.05, 0.1) is 16.1 Å². The number of piperidine rings is 1. The number of rotatable bonds is 4. The summed E-state index contributed by atoms with van der Waals surface area (Å²) in [5.74, 6) is -0.535. The molecule has 0 unspecified atom stereocenters. The highest BCUT2D eigenvalue weighted by Gasteiger charge is 2.36. The molecule has 2 amide bonds. The van der Waals surface area contributed by atoms with Crippen LogP contribution in [0, 0.1) is 20.7 Å². The van der Waals surface area contributed by atoms with Gasteiger partial charge in [0.25, 0.3) is 11.8 Å². The average molecular weight is 571 g/mol. The van der Waals surface area contributed by atoms with Crippen molar-refractivity contribution in [3.05, 3.63) is 43.6 Å². The van der Waals surface area contributed by atoms with E-state index in [0.29, 0.717) is 41.5 Å². The van der Waals surface area contributed by atoms with E-state index in [1.165, 1.54) is 17.4 Å². The SMILES string of the molecule is CC1(C)CNC(=O)c2sc(Nc3ccc(I)cc3F)c(C(=O)N3CCC(CO)CC3)c2C1. The predicted octanol–water partition coefficient (Wildman–Crippen LogP) is 4.39. The molecule has 0 bridgehead atoms. The van der Waals surface area contributed by atoms with Crippen LogP contribution >= 0.6 is 33.9 Å². The van der Waals surface area contributed by atoms with E-state index < -0.39 is 5.82 Å². The minimum absolute atomic E-state index is 0.128. The summed E-state index contributed by atoms with van der Waals surface area (Å²) in [5.41, 5.74) is 1.26. The van der Waals surface area contributed by atoms with Gasteiger partial charge in [-0.2, -0.15) is 0 Å². The quantitative estimate of drug-likeness (QED) is 0.476. The average Bonchev–Trinajstić information content (AvgIpc) is 3.05. The molecular formula is C23H27FIN3O3S. The van der Waals surface area contributed by atoms with Crippen molar-refractivity contribution in [3.8, 4) is 0 Å². The van der Waals surface area contributed by atoms with Crippen molar-refractivity contribution >= 4 is 56.4 Å². The van der Waals surface area contributed by atoms with Crippen LogP contribution in [0.15, 0.2) is 18.2 Å². The molecule has 2 aromatic rings. The van der Waals surface area contributed by atoms with Crippen LogP contribution in [0.2, 0.25) is 0 Å². The van der Waals surface area contributed by atoms with Gasteiger partial charge in [-0.05, 0) is 76.9 Å². The lowest BCUT2D eigenvalue weighted by atomic mass is 9.85. The molecule has 172 valence electrons. The van der Waals surface area contributed by atoms with Crippen LogP contribution in [0.25, 0.3) is 0 Å². The number of carbonyl (C=O) groups excluding carboxylic acids is 2. The second-order valence-electron chi connectivity index (χ2n) is 9.30. The van der Waals surface area contributed by atoms with E-state index in [1.54, 1.807) is 17.0 Å². The van der Waals surface area contributed by atoms with Gasteiger partial charge in [0, 0.05) is 29.8 Å². The predicted molar refractivity (Wildman–Crippen MR) is 132 cm³/mol. The summed E-state index contributed by atoms with van der Waals surface area (Å²) < 4.78 is 15.4. The molecule has 0 radical (unpaired) electrons. The second-order valence-corrected chi connectivity index (χ2v) is 11.6. The molecule has 1 saturated heterocycles. The smallest absolute Gasteiger partial charge is 0.261 e. The number of halogens is 2. The van der Waals surface area contributed by atoms with Crippen molar-refractivity contribution in [2.75, 3.05) is 31.6 Å². The minimum Gasteiger partial charge on any atom is -0.396 e. The fourth-order valence-electron chi connectivity index (χ4n) is 4.26. The van der Waals surface area contributed by atoms with Gasteiger partial charge in [0.1, 0.15) is 10.8 Å². The molecule has 2 aliphatic heterocycles. The van der Waals surface area contributed by atoms with Crippen molar-refractivity contribution in [1.82, 2.24) is 10.2 Å². The van der Waals surface area contributed by atoms with Crippen LogP contribution in [0.5, 0.6) is 0 Å². The zero-order valence-corrected chi connectivity index (χ0v) is 21.1. The van der Waals surface area contributed by atoms with Gasteiger partial charge in [-0.25, -0.2) is 4.39 Å². The Morgan fingerprint density at radius 1 is 1.38 bits per heavy atom. The standard InChI is InChI=1S/C23H27FIN3O3S/c1-23(2)10-15-18(22(31)28-7-5-13(11-29)6-8-28)21(32-19(15)20(30)26-12-23)27-17-4-3-14(25)9-16(17)24/h3-4,9,13,27,29H,5-8,10-12H2,1-2H3,(H,26,30). The zero-order chi connectivity index (χ0) is 23.0. The van der Waals surface area contributed by atoms with Crippen molar-refractivity contribution < 1.29 is 19.1 Å². The van der Waals surface area contributed by atoms with E-state index >= 15 is 0 Å². The van der Waals surface area contributed by atoms with E-state index in [9.17, 15) is 19.1 Å². The topological polar surface area (TPSA) is 81.7 Å². The van der Waals surface area contributed by atoms with Gasteiger partial charge >= 0.3 is 0 Å². The zero-order valence-electron chi connectivity index (χ0n) is 18.1. The number of anilines is 2. The Labute approximate surface area is 204 Å². The highest BCUT2D eigenvalue weighted by Crippen LogP contribution is 2.41. The van der Waals surface area contributed by atoms with Crippen molar-refractivity contribution in [1.29, 1.82) is 0 Å². The number of hydrogen-bond acceptors (Lipinski definition) is 5. The van der Waals surface area contributed by atoms with Crippen LogP contribution in [0.1, 0.15) is 52.3 Å². The Balaban J connectivity index is 1.76. The van der Waals surface area contributed by atoms with Gasteiger partial charge < -0.3 is 20.6 Å². The second kappa shape index (κ2) is 9.26. The van der Waals surface area contributed by atoms with Crippen LogP contribution in [-0.2, 0) is 6.42 Å². The maximum atomic E-state index is 14.6. The Hall–Kier alpha value is -1.72. The summed E-state index contributed by atoms with van der Waals surface area (Å²) in [7, 11) is 0. The minimum atomic E-state index is -0.410. The Kier molecular flexibility index (Phi) is 6.78. The Morgan fingerprint density at radius 3 is 2.75 bits per heavy atom. The summed E-state index contributed by atoms with van der Waals surface area (Å²) in [5, 5.41) is 16.0. The molecule has 4 rings (SSSR count). The third kappa shape index (κ3) is 4.79. The first kappa shape index (κ1) is 23.4. The number of amides is 2. The van der Waals surface area contributed by atoms with Crippen molar-refractivity contribution in [2.24, 2.45) is 11.3 Å². The maximum Gasteiger partial charge on any atom is 0.261 e. The Bertz CT molecular complexity index is 1050. The molecule has 32 heavy (non-hydrogen) atoms. The molecule has 0 atom stereocenters. The number of carbonyl (C=O) groups is 2. The first-order valence-corrected chi connectivity index (χ1v) is 12.6. The number of nitrogens with zero attached hydrogens (tertiary/aromatic N) is 1. The molecule has 0 spiro atoms. The molecule has 1 aromatic heterocycles. The van der Waals surface area contributed by atoms with E-state index in [1.807, 2.05) is 22.6 Å². The van der Waals surface area contributed by atoms with Crippen molar-refractivity contribution in [3.63, 3.8) is 0 Å². The molecule has 3 N–H and O–H groups in total. The highest BCUT2D eigenvalue weighted by atomic mass is 127. The molecule has 9 heteroatoms. The summed E-state index contributed by atoms with van der Waals surface area (Å²) in [6.45, 7) is 5.89. The summed E-state index contributed by atoms with van der Waals surface area (Å²) in [6.07, 6.45) is 2.06. The van der Waals surface area contributed by atoms with Gasteiger partial charge in [-0.3, -0.25) is 9.59 Å². The first-order chi connectivity index (χ1) is 15.2. The van der Waals surface area contributed by atoms with E-state index in [2.05, 4.69) is 24.5 Å². The lowest BCUT2D eigenvalue weighted by Gasteiger charge is -2.32. The monoisotopic (exact) mass is 571 g/mol. The lowest BCUT2D eigenvalue weighted by molar-refractivity contribution is 0.0651. The highest BCUT2D eigenvalue weighted by molar-refractivity contribution is 14.1. The molecular weight excluding hydrogens is 544 g/mol. The maximum absolute atomic E-state index is 14.6. The number of hydrogen-bond donors (Lipinski definition) is 3.